The Balaban J connectivity index is 2.88. The molecular formula is C15H13ClN2O4. The molecule has 0 unspecified atom stereocenters. The number of hydrogen-bond donors (Lipinski definition) is 1. The van der Waals surface area contributed by atoms with E-state index in [0.29, 0.717) is 16.3 Å². The van der Waals surface area contributed by atoms with E-state index < -0.39 is 11.4 Å². The molecule has 0 aliphatic heterocycles. The van der Waals surface area contributed by atoms with Gasteiger partial charge < -0.3 is 14.6 Å². The number of nitriles is 1. The van der Waals surface area contributed by atoms with Gasteiger partial charge in [0, 0.05) is 18.2 Å². The van der Waals surface area contributed by atoms with E-state index in [2.05, 4.69) is 0 Å². The third-order valence-corrected chi connectivity index (χ3v) is 3.49. The standard InChI is InChI=1S/C15H13ClN2O4/c1-8-4-14(19)18(15(20)9(8)7-17)11-6-12(21-2)10(16)5-13(11)22-3/h4-6,20H,1-3H3. The van der Waals surface area contributed by atoms with Crippen molar-refractivity contribution in [3.63, 3.8) is 0 Å². The van der Waals surface area contributed by atoms with Gasteiger partial charge in [0.15, 0.2) is 0 Å². The molecule has 1 heterocycles. The number of benzene rings is 1. The number of nitrogens with zero attached hydrogens (tertiary/aromatic N) is 2. The molecule has 114 valence electrons. The summed E-state index contributed by atoms with van der Waals surface area (Å²) < 4.78 is 11.3. The third-order valence-electron chi connectivity index (χ3n) is 3.20. The maximum Gasteiger partial charge on any atom is 0.258 e. The maximum absolute atomic E-state index is 12.2. The van der Waals surface area contributed by atoms with E-state index in [1.807, 2.05) is 6.07 Å². The molecule has 0 amide bonds. The van der Waals surface area contributed by atoms with Crippen molar-refractivity contribution < 1.29 is 14.6 Å². The zero-order chi connectivity index (χ0) is 16.4. The Morgan fingerprint density at radius 3 is 2.41 bits per heavy atom. The lowest BCUT2D eigenvalue weighted by Gasteiger charge is -2.16. The van der Waals surface area contributed by atoms with Gasteiger partial charge in [0.1, 0.15) is 23.1 Å². The van der Waals surface area contributed by atoms with Gasteiger partial charge in [-0.05, 0) is 12.5 Å². The lowest BCUT2D eigenvalue weighted by Crippen LogP contribution is -2.19. The van der Waals surface area contributed by atoms with Crippen LogP contribution in [0.1, 0.15) is 11.1 Å². The molecule has 22 heavy (non-hydrogen) atoms. The number of aromatic nitrogens is 1. The quantitative estimate of drug-likeness (QED) is 0.938. The fraction of sp³-hybridized carbons (Fsp3) is 0.200. The van der Waals surface area contributed by atoms with Crippen molar-refractivity contribution in [3.8, 4) is 29.1 Å². The van der Waals surface area contributed by atoms with E-state index in [1.54, 1.807) is 6.92 Å². The minimum atomic E-state index is -0.503. The van der Waals surface area contributed by atoms with Crippen molar-refractivity contribution in [3.05, 3.63) is 44.7 Å². The zero-order valence-corrected chi connectivity index (χ0v) is 12.9. The number of methoxy groups -OCH3 is 2. The Hall–Kier alpha value is -2.65. The topological polar surface area (TPSA) is 84.5 Å². The van der Waals surface area contributed by atoms with Gasteiger partial charge in [-0.15, -0.1) is 0 Å². The monoisotopic (exact) mass is 320 g/mol. The van der Waals surface area contributed by atoms with Crippen LogP contribution >= 0.6 is 11.6 Å². The molecule has 0 saturated carbocycles. The van der Waals surface area contributed by atoms with E-state index in [1.165, 1.54) is 32.4 Å². The Bertz CT molecular complexity index is 837. The molecule has 0 saturated heterocycles. The fourth-order valence-corrected chi connectivity index (χ4v) is 2.34. The molecular weight excluding hydrogens is 308 g/mol. The molecule has 7 heteroatoms. The van der Waals surface area contributed by atoms with Gasteiger partial charge in [-0.25, -0.2) is 4.57 Å². The average Bonchev–Trinajstić information content (AvgIpc) is 2.48. The van der Waals surface area contributed by atoms with Gasteiger partial charge in [-0.2, -0.15) is 5.26 Å². The molecule has 0 aliphatic rings. The highest BCUT2D eigenvalue weighted by Crippen LogP contribution is 2.36. The lowest BCUT2D eigenvalue weighted by molar-refractivity contribution is 0.395. The van der Waals surface area contributed by atoms with Crippen LogP contribution in [0.3, 0.4) is 0 Å². The first-order valence-electron chi connectivity index (χ1n) is 6.22. The van der Waals surface area contributed by atoms with Crippen molar-refractivity contribution in [1.82, 2.24) is 4.57 Å². The van der Waals surface area contributed by atoms with Gasteiger partial charge in [0.2, 0.25) is 5.88 Å². The number of rotatable bonds is 3. The number of aryl methyl sites for hydroxylation is 1. The number of halogens is 1. The Morgan fingerprint density at radius 2 is 1.86 bits per heavy atom. The van der Waals surface area contributed by atoms with Gasteiger partial charge in [-0.3, -0.25) is 4.79 Å². The molecule has 6 nitrogen and oxygen atoms in total. The van der Waals surface area contributed by atoms with Crippen LogP contribution in [0, 0.1) is 18.3 Å². The summed E-state index contributed by atoms with van der Waals surface area (Å²) in [6, 6.07) is 6.06. The summed E-state index contributed by atoms with van der Waals surface area (Å²) in [6.07, 6.45) is 0. The summed E-state index contributed by atoms with van der Waals surface area (Å²) >= 11 is 6.02. The molecule has 0 radical (unpaired) electrons. The second-order valence-corrected chi connectivity index (χ2v) is 4.88. The molecule has 2 aromatic rings. The smallest absolute Gasteiger partial charge is 0.258 e. The molecule has 0 atom stereocenters. The van der Waals surface area contributed by atoms with Crippen LogP contribution in [0.25, 0.3) is 5.69 Å². The molecule has 2 rings (SSSR count). The van der Waals surface area contributed by atoms with Crippen LogP contribution < -0.4 is 15.0 Å². The molecule has 0 aliphatic carbocycles. The first kappa shape index (κ1) is 15.7. The van der Waals surface area contributed by atoms with E-state index in [4.69, 9.17) is 26.3 Å². The molecule has 1 N–H and O–H groups in total. The minimum Gasteiger partial charge on any atom is -0.495 e. The fourth-order valence-electron chi connectivity index (χ4n) is 2.10. The average molecular weight is 321 g/mol. The second-order valence-electron chi connectivity index (χ2n) is 4.47. The first-order valence-corrected chi connectivity index (χ1v) is 6.60. The van der Waals surface area contributed by atoms with Crippen molar-refractivity contribution in [2.75, 3.05) is 14.2 Å². The van der Waals surface area contributed by atoms with Crippen LogP contribution in [-0.2, 0) is 0 Å². The third kappa shape index (κ3) is 2.47. The maximum atomic E-state index is 12.2. The van der Waals surface area contributed by atoms with Crippen molar-refractivity contribution in [2.45, 2.75) is 6.92 Å². The zero-order valence-electron chi connectivity index (χ0n) is 12.2. The highest BCUT2D eigenvalue weighted by molar-refractivity contribution is 6.32. The first-order chi connectivity index (χ1) is 10.4. The van der Waals surface area contributed by atoms with E-state index in [9.17, 15) is 9.90 Å². The van der Waals surface area contributed by atoms with Gasteiger partial charge in [-0.1, -0.05) is 11.6 Å². The Labute approximate surface area is 131 Å². The summed E-state index contributed by atoms with van der Waals surface area (Å²) in [5.41, 5.74) is 0.121. The molecule has 0 spiro atoms. The largest absolute Gasteiger partial charge is 0.495 e. The van der Waals surface area contributed by atoms with Crippen molar-refractivity contribution >= 4 is 11.6 Å². The second kappa shape index (κ2) is 6.00. The molecule has 0 bridgehead atoms. The highest BCUT2D eigenvalue weighted by atomic mass is 35.5. The summed E-state index contributed by atoms with van der Waals surface area (Å²) in [5, 5.41) is 19.7. The predicted molar refractivity (Wildman–Crippen MR) is 81.3 cm³/mol. The normalized spacial score (nSPS) is 10.1. The highest BCUT2D eigenvalue weighted by Gasteiger charge is 2.19. The summed E-state index contributed by atoms with van der Waals surface area (Å²) in [6.45, 7) is 1.57. The molecule has 0 fully saturated rings. The number of aromatic hydroxyl groups is 1. The van der Waals surface area contributed by atoms with Gasteiger partial charge >= 0.3 is 0 Å². The van der Waals surface area contributed by atoms with Crippen molar-refractivity contribution in [1.29, 1.82) is 5.26 Å². The lowest BCUT2D eigenvalue weighted by atomic mass is 10.1. The number of pyridine rings is 1. The Kier molecular flexibility index (Phi) is 4.29. The summed E-state index contributed by atoms with van der Waals surface area (Å²) in [7, 11) is 2.83. The van der Waals surface area contributed by atoms with Crippen LogP contribution in [0.5, 0.6) is 17.4 Å². The summed E-state index contributed by atoms with van der Waals surface area (Å²) in [4.78, 5) is 12.2. The van der Waals surface area contributed by atoms with E-state index in [0.717, 1.165) is 4.57 Å². The minimum absolute atomic E-state index is 0.00979. The van der Waals surface area contributed by atoms with Gasteiger partial charge in [0.25, 0.3) is 5.56 Å². The van der Waals surface area contributed by atoms with E-state index in [-0.39, 0.29) is 17.0 Å². The SMILES string of the molecule is COc1cc(-n2c(O)c(C#N)c(C)cc2=O)c(OC)cc1Cl. The summed E-state index contributed by atoms with van der Waals surface area (Å²) in [5.74, 6) is 0.106. The van der Waals surface area contributed by atoms with Crippen LogP contribution in [0.4, 0.5) is 0 Å². The van der Waals surface area contributed by atoms with Crippen LogP contribution in [0.2, 0.25) is 5.02 Å². The van der Waals surface area contributed by atoms with E-state index >= 15 is 0 Å². The molecule has 1 aromatic carbocycles. The Morgan fingerprint density at radius 1 is 1.23 bits per heavy atom. The van der Waals surface area contributed by atoms with Crippen molar-refractivity contribution in [2.24, 2.45) is 0 Å². The van der Waals surface area contributed by atoms with Gasteiger partial charge in [0.05, 0.1) is 24.9 Å². The number of hydrogen-bond acceptors (Lipinski definition) is 5. The number of ether oxygens (including phenoxy) is 2. The van der Waals surface area contributed by atoms with Crippen LogP contribution in [-0.4, -0.2) is 23.9 Å². The molecule has 1 aromatic heterocycles. The van der Waals surface area contributed by atoms with Crippen LogP contribution in [0.15, 0.2) is 23.0 Å². The predicted octanol–water partition coefficient (Wildman–Crippen LogP) is 2.39.